The van der Waals surface area contributed by atoms with Crippen LogP contribution in [0.4, 0.5) is 22.1 Å². The lowest BCUT2D eigenvalue weighted by Gasteiger charge is -2.36. The first-order valence-electron chi connectivity index (χ1n) is 7.61. The van der Waals surface area contributed by atoms with Gasteiger partial charge in [0.1, 0.15) is 0 Å². The van der Waals surface area contributed by atoms with Crippen LogP contribution < -0.4 is 19.9 Å². The zero-order chi connectivity index (χ0) is 16.9. The number of hydrogen-bond acceptors (Lipinski definition) is 6. The van der Waals surface area contributed by atoms with E-state index in [0.29, 0.717) is 17.4 Å². The maximum atomic E-state index is 10.6. The second-order valence-electron chi connectivity index (χ2n) is 5.37. The normalized spacial score (nSPS) is 14.4. The highest BCUT2D eigenvalue weighted by molar-refractivity contribution is 5.83. The molecule has 126 valence electrons. The van der Waals surface area contributed by atoms with Gasteiger partial charge in [0.05, 0.1) is 19.5 Å². The molecule has 3 rings (SSSR count). The minimum Gasteiger partial charge on any atom is -0.494 e. The van der Waals surface area contributed by atoms with E-state index >= 15 is 0 Å². The van der Waals surface area contributed by atoms with Crippen LogP contribution in [0.3, 0.4) is 0 Å². The van der Waals surface area contributed by atoms with Crippen molar-refractivity contribution in [1.82, 2.24) is 9.97 Å². The van der Waals surface area contributed by atoms with E-state index in [0.717, 1.165) is 31.9 Å². The van der Waals surface area contributed by atoms with Crippen LogP contribution in [-0.4, -0.2) is 54.5 Å². The molecular formula is C16H19N5O3. The van der Waals surface area contributed by atoms with Crippen LogP contribution in [0.2, 0.25) is 0 Å². The van der Waals surface area contributed by atoms with Crippen molar-refractivity contribution in [1.29, 1.82) is 0 Å². The number of carboxylic acid groups (broad SMARTS) is 1. The van der Waals surface area contributed by atoms with Gasteiger partial charge in [-0.3, -0.25) is 5.32 Å². The lowest BCUT2D eigenvalue weighted by atomic mass is 10.2. The summed E-state index contributed by atoms with van der Waals surface area (Å²) in [7, 11) is 1.59. The number of carbonyl (C=O) groups is 1. The molecule has 1 aromatic carbocycles. The Bertz CT molecular complexity index is 682. The van der Waals surface area contributed by atoms with Crippen molar-refractivity contribution in [3.63, 3.8) is 0 Å². The van der Waals surface area contributed by atoms with Crippen molar-refractivity contribution in [2.75, 3.05) is 48.4 Å². The SMILES string of the molecule is COc1cnc(N2CCN(c3ccc(NC(=O)O)cc3)CC2)nc1. The molecule has 2 N–H and O–H groups in total. The van der Waals surface area contributed by atoms with Gasteiger partial charge in [0, 0.05) is 37.6 Å². The topological polar surface area (TPSA) is 90.8 Å². The minimum absolute atomic E-state index is 0.566. The third kappa shape index (κ3) is 3.65. The van der Waals surface area contributed by atoms with E-state index in [1.54, 1.807) is 31.6 Å². The van der Waals surface area contributed by atoms with Gasteiger partial charge in [-0.1, -0.05) is 0 Å². The fourth-order valence-corrected chi connectivity index (χ4v) is 2.62. The summed E-state index contributed by atoms with van der Waals surface area (Å²) < 4.78 is 5.07. The zero-order valence-corrected chi connectivity index (χ0v) is 13.3. The summed E-state index contributed by atoms with van der Waals surface area (Å²) in [5, 5.41) is 11.0. The van der Waals surface area contributed by atoms with Gasteiger partial charge in [-0.05, 0) is 24.3 Å². The van der Waals surface area contributed by atoms with Gasteiger partial charge in [-0.2, -0.15) is 0 Å². The van der Waals surface area contributed by atoms with Gasteiger partial charge in [0.25, 0.3) is 0 Å². The van der Waals surface area contributed by atoms with Crippen molar-refractivity contribution in [3.8, 4) is 5.75 Å². The fourth-order valence-electron chi connectivity index (χ4n) is 2.62. The molecule has 24 heavy (non-hydrogen) atoms. The summed E-state index contributed by atoms with van der Waals surface area (Å²) in [4.78, 5) is 23.6. The first kappa shape index (κ1) is 15.9. The Morgan fingerprint density at radius 1 is 1.08 bits per heavy atom. The highest BCUT2D eigenvalue weighted by Gasteiger charge is 2.19. The molecule has 1 aliphatic heterocycles. The third-order valence-corrected chi connectivity index (χ3v) is 3.90. The smallest absolute Gasteiger partial charge is 0.409 e. The molecule has 2 aromatic rings. The Balaban J connectivity index is 1.58. The zero-order valence-electron chi connectivity index (χ0n) is 13.3. The molecule has 1 aromatic heterocycles. The summed E-state index contributed by atoms with van der Waals surface area (Å²) >= 11 is 0. The van der Waals surface area contributed by atoms with Gasteiger partial charge < -0.3 is 19.6 Å². The van der Waals surface area contributed by atoms with Crippen LogP contribution in [-0.2, 0) is 0 Å². The van der Waals surface area contributed by atoms with E-state index in [1.165, 1.54) is 0 Å². The van der Waals surface area contributed by atoms with Gasteiger partial charge in [-0.15, -0.1) is 0 Å². The number of piperazine rings is 1. The van der Waals surface area contributed by atoms with E-state index in [-0.39, 0.29) is 0 Å². The quantitative estimate of drug-likeness (QED) is 0.885. The van der Waals surface area contributed by atoms with E-state index in [9.17, 15) is 4.79 Å². The molecular weight excluding hydrogens is 310 g/mol. The summed E-state index contributed by atoms with van der Waals surface area (Å²) in [6, 6.07) is 7.38. The molecule has 1 amide bonds. The molecule has 0 atom stereocenters. The first-order chi connectivity index (χ1) is 11.7. The number of nitrogens with one attached hydrogen (secondary N) is 1. The summed E-state index contributed by atoms with van der Waals surface area (Å²) in [6.45, 7) is 3.34. The Morgan fingerprint density at radius 3 is 2.21 bits per heavy atom. The first-order valence-corrected chi connectivity index (χ1v) is 7.61. The number of anilines is 3. The number of nitrogens with zero attached hydrogens (tertiary/aromatic N) is 4. The van der Waals surface area contributed by atoms with Crippen LogP contribution in [0.5, 0.6) is 5.75 Å². The van der Waals surface area contributed by atoms with E-state index in [4.69, 9.17) is 9.84 Å². The van der Waals surface area contributed by atoms with Crippen molar-refractivity contribution in [3.05, 3.63) is 36.7 Å². The molecule has 8 heteroatoms. The Labute approximate surface area is 139 Å². The van der Waals surface area contributed by atoms with Crippen molar-refractivity contribution >= 4 is 23.4 Å². The van der Waals surface area contributed by atoms with Gasteiger partial charge >= 0.3 is 6.09 Å². The average Bonchev–Trinajstić information content (AvgIpc) is 2.62. The van der Waals surface area contributed by atoms with Gasteiger partial charge in [0.15, 0.2) is 5.75 Å². The molecule has 1 fully saturated rings. The van der Waals surface area contributed by atoms with E-state index < -0.39 is 6.09 Å². The number of benzene rings is 1. The maximum Gasteiger partial charge on any atom is 0.409 e. The van der Waals surface area contributed by atoms with Crippen LogP contribution in [0.25, 0.3) is 0 Å². The summed E-state index contributed by atoms with van der Waals surface area (Å²) in [6.07, 6.45) is 2.28. The van der Waals surface area contributed by atoms with Crippen molar-refractivity contribution in [2.45, 2.75) is 0 Å². The largest absolute Gasteiger partial charge is 0.494 e. The minimum atomic E-state index is -1.06. The molecule has 1 aliphatic rings. The molecule has 8 nitrogen and oxygen atoms in total. The summed E-state index contributed by atoms with van der Waals surface area (Å²) in [5.74, 6) is 1.35. The maximum absolute atomic E-state index is 10.6. The number of hydrogen-bond donors (Lipinski definition) is 2. The average molecular weight is 329 g/mol. The third-order valence-electron chi connectivity index (χ3n) is 3.90. The molecule has 0 unspecified atom stereocenters. The summed E-state index contributed by atoms with van der Waals surface area (Å²) in [5.41, 5.74) is 1.64. The number of methoxy groups -OCH3 is 1. The van der Waals surface area contributed by atoms with Crippen LogP contribution in [0.15, 0.2) is 36.7 Å². The number of aromatic nitrogens is 2. The van der Waals surface area contributed by atoms with Crippen molar-refractivity contribution in [2.24, 2.45) is 0 Å². The number of ether oxygens (including phenoxy) is 1. The van der Waals surface area contributed by atoms with Crippen LogP contribution in [0, 0.1) is 0 Å². The van der Waals surface area contributed by atoms with E-state index in [2.05, 4.69) is 25.1 Å². The Hall–Kier alpha value is -3.03. The molecule has 0 radical (unpaired) electrons. The monoisotopic (exact) mass is 329 g/mol. The predicted molar refractivity (Wildman–Crippen MR) is 91.1 cm³/mol. The second-order valence-corrected chi connectivity index (χ2v) is 5.37. The molecule has 0 bridgehead atoms. The molecule has 0 saturated carbocycles. The standard InChI is InChI=1S/C16H19N5O3/c1-24-14-10-17-15(18-11-14)21-8-6-20(7-9-21)13-4-2-12(3-5-13)19-16(22)23/h2-5,10-11,19H,6-9H2,1H3,(H,22,23). The van der Waals surface area contributed by atoms with Gasteiger partial charge in [-0.25, -0.2) is 14.8 Å². The van der Waals surface area contributed by atoms with Crippen LogP contribution in [0.1, 0.15) is 0 Å². The number of rotatable bonds is 4. The van der Waals surface area contributed by atoms with Gasteiger partial charge in [0.2, 0.25) is 5.95 Å². The Morgan fingerprint density at radius 2 is 1.67 bits per heavy atom. The molecule has 2 heterocycles. The lowest BCUT2D eigenvalue weighted by Crippen LogP contribution is -2.47. The predicted octanol–water partition coefficient (Wildman–Crippen LogP) is 1.90. The molecule has 1 saturated heterocycles. The number of amides is 1. The van der Waals surface area contributed by atoms with Crippen LogP contribution >= 0.6 is 0 Å². The lowest BCUT2D eigenvalue weighted by molar-refractivity contribution is 0.210. The fraction of sp³-hybridized carbons (Fsp3) is 0.312. The molecule has 0 spiro atoms. The highest BCUT2D eigenvalue weighted by Crippen LogP contribution is 2.21. The molecule has 0 aliphatic carbocycles. The van der Waals surface area contributed by atoms with E-state index in [1.807, 2.05) is 12.1 Å². The second kappa shape index (κ2) is 7.03. The Kier molecular flexibility index (Phi) is 4.64. The van der Waals surface area contributed by atoms with Crippen molar-refractivity contribution < 1.29 is 14.6 Å². The highest BCUT2D eigenvalue weighted by atomic mass is 16.5.